The Labute approximate surface area is 155 Å². The maximum atomic E-state index is 12.2. The summed E-state index contributed by atoms with van der Waals surface area (Å²) in [6.07, 6.45) is 8.72. The van der Waals surface area contributed by atoms with Crippen molar-refractivity contribution in [3.05, 3.63) is 0 Å². The summed E-state index contributed by atoms with van der Waals surface area (Å²) in [5.41, 5.74) is -0.110. The molecule has 1 saturated carbocycles. The molecule has 1 amide bonds. The standard InChI is InChI=1S/C17H31NO2S.W/c1-16(2,3)20-15(19)18-11-9-17(13-21,10-12-18)14-7-5-4-6-8-14;/h14,21H,4-13H2,1-3H3;/p-1. The number of hydrogen-bond donors (Lipinski definition) is 0. The monoisotopic (exact) mass is 496 g/mol. The van der Waals surface area contributed by atoms with Gasteiger partial charge >= 0.3 is 6.09 Å². The molecule has 0 radical (unpaired) electrons. The SMILES string of the molecule is CC(C)(C)OC(=O)N1CCC(C[S-])(C2CCCCC2)CC1.[W]. The van der Waals surface area contributed by atoms with Gasteiger partial charge in [-0.25, -0.2) is 4.79 Å². The third-order valence-corrected chi connectivity index (χ3v) is 5.74. The first-order valence-electron chi connectivity index (χ1n) is 8.42. The Balaban J connectivity index is 0.00000242. The van der Waals surface area contributed by atoms with Crippen LogP contribution >= 0.6 is 0 Å². The summed E-state index contributed by atoms with van der Waals surface area (Å²) in [4.78, 5) is 14.0. The van der Waals surface area contributed by atoms with Crippen LogP contribution in [0.2, 0.25) is 0 Å². The summed E-state index contributed by atoms with van der Waals surface area (Å²) in [6.45, 7) is 7.38. The molecule has 0 spiro atoms. The van der Waals surface area contributed by atoms with Crippen molar-refractivity contribution in [2.75, 3.05) is 18.8 Å². The fraction of sp³-hybridized carbons (Fsp3) is 0.941. The molecule has 0 N–H and O–H groups in total. The number of likely N-dealkylation sites (tertiary alicyclic amines) is 1. The molecule has 0 aromatic heterocycles. The molecule has 1 heterocycles. The number of nitrogens with zero attached hydrogens (tertiary/aromatic N) is 1. The van der Waals surface area contributed by atoms with Crippen LogP contribution in [0.15, 0.2) is 0 Å². The molecular formula is C17H30NO2SW-. The Bertz CT molecular complexity index is 356. The average molecular weight is 496 g/mol. The molecule has 0 bridgehead atoms. The van der Waals surface area contributed by atoms with Crippen LogP contribution in [0.25, 0.3) is 0 Å². The van der Waals surface area contributed by atoms with Crippen molar-refractivity contribution in [1.29, 1.82) is 0 Å². The Morgan fingerprint density at radius 1 is 1.18 bits per heavy atom. The van der Waals surface area contributed by atoms with E-state index in [2.05, 4.69) is 0 Å². The van der Waals surface area contributed by atoms with Crippen molar-refractivity contribution >= 4 is 18.7 Å². The number of piperidine rings is 1. The molecule has 128 valence electrons. The van der Waals surface area contributed by atoms with Gasteiger partial charge in [0.1, 0.15) is 5.60 Å². The molecule has 1 aliphatic carbocycles. The number of carbonyl (C=O) groups excluding carboxylic acids is 1. The number of carbonyl (C=O) groups is 1. The van der Waals surface area contributed by atoms with E-state index in [-0.39, 0.29) is 27.2 Å². The zero-order valence-electron chi connectivity index (χ0n) is 14.2. The van der Waals surface area contributed by atoms with Crippen molar-refractivity contribution in [3.63, 3.8) is 0 Å². The number of ether oxygens (including phenoxy) is 1. The number of amides is 1. The summed E-state index contributed by atoms with van der Waals surface area (Å²) in [5, 5.41) is 0. The normalized spacial score (nSPS) is 22.8. The van der Waals surface area contributed by atoms with E-state index in [0.717, 1.165) is 37.6 Å². The fourth-order valence-corrected chi connectivity index (χ4v) is 4.37. The molecule has 0 aromatic rings. The van der Waals surface area contributed by atoms with Gasteiger partial charge in [0.2, 0.25) is 0 Å². The van der Waals surface area contributed by atoms with Crippen LogP contribution in [0.3, 0.4) is 0 Å². The van der Waals surface area contributed by atoms with Crippen LogP contribution in [0.4, 0.5) is 4.79 Å². The zero-order valence-corrected chi connectivity index (χ0v) is 18.0. The van der Waals surface area contributed by atoms with Gasteiger partial charge in [-0.2, -0.15) is 5.75 Å². The first kappa shape index (κ1) is 20.4. The molecule has 2 fully saturated rings. The summed E-state index contributed by atoms with van der Waals surface area (Å²) < 4.78 is 5.49. The predicted molar refractivity (Wildman–Crippen MR) is 88.3 cm³/mol. The van der Waals surface area contributed by atoms with Gasteiger partial charge in [-0.15, -0.1) is 0 Å². The van der Waals surface area contributed by atoms with Crippen LogP contribution in [-0.4, -0.2) is 35.4 Å². The minimum absolute atomic E-state index is 0. The van der Waals surface area contributed by atoms with Gasteiger partial charge in [0.15, 0.2) is 0 Å². The third-order valence-electron chi connectivity index (χ3n) is 5.17. The Morgan fingerprint density at radius 3 is 2.18 bits per heavy atom. The Hall–Kier alpha value is 0.308. The van der Waals surface area contributed by atoms with Crippen molar-refractivity contribution in [3.8, 4) is 0 Å². The largest absolute Gasteiger partial charge is 0.792 e. The van der Waals surface area contributed by atoms with E-state index >= 15 is 0 Å². The van der Waals surface area contributed by atoms with Crippen molar-refractivity contribution < 1.29 is 30.6 Å². The van der Waals surface area contributed by atoms with Gasteiger partial charge in [-0.05, 0) is 57.8 Å². The average Bonchev–Trinajstić information content (AvgIpc) is 2.46. The molecule has 3 nitrogen and oxygen atoms in total. The number of rotatable bonds is 2. The van der Waals surface area contributed by atoms with Crippen LogP contribution < -0.4 is 0 Å². The predicted octanol–water partition coefficient (Wildman–Crippen LogP) is 4.13. The second-order valence-corrected chi connectivity index (χ2v) is 8.10. The third kappa shape index (κ3) is 5.16. The molecule has 0 aromatic carbocycles. The first-order chi connectivity index (χ1) is 9.86. The quantitative estimate of drug-likeness (QED) is 0.539. The van der Waals surface area contributed by atoms with Crippen LogP contribution in [-0.2, 0) is 38.4 Å². The van der Waals surface area contributed by atoms with Crippen LogP contribution in [0, 0.1) is 11.3 Å². The van der Waals surface area contributed by atoms with E-state index in [1.165, 1.54) is 32.1 Å². The van der Waals surface area contributed by atoms with Gasteiger partial charge in [0, 0.05) is 34.2 Å². The number of hydrogen-bond acceptors (Lipinski definition) is 3. The summed E-state index contributed by atoms with van der Waals surface area (Å²) in [6, 6.07) is 0. The topological polar surface area (TPSA) is 29.5 Å². The first-order valence-corrected chi connectivity index (χ1v) is 9.00. The van der Waals surface area contributed by atoms with E-state index in [1.807, 2.05) is 25.7 Å². The maximum absolute atomic E-state index is 12.2. The molecule has 1 aliphatic heterocycles. The van der Waals surface area contributed by atoms with E-state index in [0.29, 0.717) is 5.41 Å². The minimum Gasteiger partial charge on any atom is -0.792 e. The van der Waals surface area contributed by atoms with Crippen LogP contribution in [0.5, 0.6) is 0 Å². The Kier molecular flexibility index (Phi) is 7.79. The van der Waals surface area contributed by atoms with Crippen LogP contribution in [0.1, 0.15) is 65.7 Å². The van der Waals surface area contributed by atoms with Crippen molar-refractivity contribution in [2.24, 2.45) is 11.3 Å². The smallest absolute Gasteiger partial charge is 0.410 e. The molecule has 2 rings (SSSR count). The zero-order chi connectivity index (χ0) is 15.5. The minimum atomic E-state index is -0.410. The molecule has 1 saturated heterocycles. The van der Waals surface area contributed by atoms with Gasteiger partial charge in [-0.3, -0.25) is 0 Å². The van der Waals surface area contributed by atoms with Crippen molar-refractivity contribution in [2.45, 2.75) is 71.3 Å². The molecular weight excluding hydrogens is 466 g/mol. The van der Waals surface area contributed by atoms with Gasteiger partial charge in [0.25, 0.3) is 0 Å². The summed E-state index contributed by atoms with van der Waals surface area (Å²) in [7, 11) is 0. The molecule has 5 heteroatoms. The van der Waals surface area contributed by atoms with E-state index < -0.39 is 5.60 Å². The fourth-order valence-electron chi connectivity index (χ4n) is 3.85. The molecule has 0 atom stereocenters. The van der Waals surface area contributed by atoms with E-state index in [4.69, 9.17) is 17.4 Å². The molecule has 22 heavy (non-hydrogen) atoms. The van der Waals surface area contributed by atoms with Crippen molar-refractivity contribution in [1.82, 2.24) is 4.90 Å². The van der Waals surface area contributed by atoms with E-state index in [1.54, 1.807) is 0 Å². The Morgan fingerprint density at radius 2 is 1.73 bits per heavy atom. The second-order valence-electron chi connectivity index (χ2n) is 7.81. The van der Waals surface area contributed by atoms with Gasteiger partial charge < -0.3 is 22.3 Å². The summed E-state index contributed by atoms with van der Waals surface area (Å²) in [5.74, 6) is 1.63. The van der Waals surface area contributed by atoms with Gasteiger partial charge in [-0.1, -0.05) is 19.3 Å². The van der Waals surface area contributed by atoms with Gasteiger partial charge in [0.05, 0.1) is 0 Å². The van der Waals surface area contributed by atoms with E-state index in [9.17, 15) is 4.79 Å². The molecule has 0 unspecified atom stereocenters. The molecule has 2 aliphatic rings. The summed E-state index contributed by atoms with van der Waals surface area (Å²) >= 11 is 5.52. The second kappa shape index (κ2) is 8.42. The maximum Gasteiger partial charge on any atom is 0.410 e.